The van der Waals surface area contributed by atoms with Crippen molar-refractivity contribution in [2.45, 2.75) is 44.2 Å². The summed E-state index contributed by atoms with van der Waals surface area (Å²) >= 11 is 0. The molecule has 1 aromatic heterocycles. The number of nitrogens with zero attached hydrogens (tertiary/aromatic N) is 6. The lowest BCUT2D eigenvalue weighted by Gasteiger charge is -2.40. The first-order valence-corrected chi connectivity index (χ1v) is 12.9. The van der Waals surface area contributed by atoms with Crippen LogP contribution in [0.3, 0.4) is 0 Å². The van der Waals surface area contributed by atoms with E-state index in [2.05, 4.69) is 48.2 Å². The number of anilines is 1. The van der Waals surface area contributed by atoms with E-state index in [0.717, 1.165) is 67.6 Å². The Labute approximate surface area is 212 Å². The summed E-state index contributed by atoms with van der Waals surface area (Å²) < 4.78 is 19.2. The Balaban J connectivity index is 1.50. The molecule has 1 atom stereocenters. The van der Waals surface area contributed by atoms with E-state index in [1.807, 2.05) is 24.3 Å². The Hall–Kier alpha value is -3.33. The fraction of sp³-hybridized carbons (Fsp3) is 0.519. The lowest BCUT2D eigenvalue weighted by molar-refractivity contribution is 0.189. The summed E-state index contributed by atoms with van der Waals surface area (Å²) in [4.78, 5) is 4.85. The molecule has 0 spiro atoms. The molecule has 2 aliphatic rings. The highest BCUT2D eigenvalue weighted by atomic mass is 16.5. The van der Waals surface area contributed by atoms with Gasteiger partial charge in [0, 0.05) is 31.7 Å². The molecular formula is C27H36N6O3. The summed E-state index contributed by atoms with van der Waals surface area (Å²) in [5, 5.41) is 13.3. The topological polar surface area (TPSA) is 77.8 Å². The maximum Gasteiger partial charge on any atom is 0.173 e. The maximum atomic E-state index is 5.89. The molecule has 36 heavy (non-hydrogen) atoms. The van der Waals surface area contributed by atoms with Gasteiger partial charge in [0.05, 0.1) is 33.1 Å². The molecule has 9 nitrogen and oxygen atoms in total. The second-order valence-corrected chi connectivity index (χ2v) is 9.45. The zero-order valence-corrected chi connectivity index (χ0v) is 21.5. The summed E-state index contributed by atoms with van der Waals surface area (Å²) in [5.41, 5.74) is 2.15. The second kappa shape index (κ2) is 11.2. The Morgan fingerprint density at radius 2 is 1.53 bits per heavy atom. The Kier molecular flexibility index (Phi) is 7.55. The highest BCUT2D eigenvalue weighted by Crippen LogP contribution is 2.41. The second-order valence-electron chi connectivity index (χ2n) is 9.45. The number of benzene rings is 2. The first kappa shape index (κ1) is 24.4. The van der Waals surface area contributed by atoms with Crippen molar-refractivity contribution in [3.05, 3.63) is 53.9 Å². The monoisotopic (exact) mass is 492 g/mol. The van der Waals surface area contributed by atoms with Gasteiger partial charge in [-0.2, -0.15) is 0 Å². The number of para-hydroxylation sites is 3. The van der Waals surface area contributed by atoms with Crippen LogP contribution in [0.5, 0.6) is 17.2 Å². The first-order chi connectivity index (χ1) is 17.7. The molecule has 3 aromatic rings. The molecular weight excluding hydrogens is 456 g/mol. The van der Waals surface area contributed by atoms with E-state index in [9.17, 15) is 0 Å². The van der Waals surface area contributed by atoms with Crippen LogP contribution in [-0.4, -0.2) is 72.6 Å². The van der Waals surface area contributed by atoms with Gasteiger partial charge in [0.25, 0.3) is 0 Å². The minimum atomic E-state index is -0.146. The zero-order chi connectivity index (χ0) is 24.9. The highest BCUT2D eigenvalue weighted by Gasteiger charge is 2.35. The van der Waals surface area contributed by atoms with Crippen LogP contribution in [0.1, 0.15) is 55.6 Å². The highest BCUT2D eigenvalue weighted by molar-refractivity contribution is 5.58. The summed E-state index contributed by atoms with van der Waals surface area (Å²) in [6.07, 6.45) is 5.94. The predicted molar refractivity (Wildman–Crippen MR) is 138 cm³/mol. The molecule has 0 radical (unpaired) electrons. The van der Waals surface area contributed by atoms with E-state index in [-0.39, 0.29) is 6.04 Å². The Morgan fingerprint density at radius 1 is 0.806 bits per heavy atom. The number of tetrazole rings is 1. The molecule has 192 valence electrons. The fourth-order valence-electron chi connectivity index (χ4n) is 5.70. The quantitative estimate of drug-likeness (QED) is 0.465. The van der Waals surface area contributed by atoms with Crippen molar-refractivity contribution < 1.29 is 14.2 Å². The van der Waals surface area contributed by atoms with Gasteiger partial charge in [0.15, 0.2) is 17.3 Å². The minimum Gasteiger partial charge on any atom is -0.495 e. The van der Waals surface area contributed by atoms with Crippen LogP contribution in [0.4, 0.5) is 5.69 Å². The number of hydrogen-bond donors (Lipinski definition) is 0. The van der Waals surface area contributed by atoms with E-state index in [0.29, 0.717) is 11.8 Å². The van der Waals surface area contributed by atoms with Crippen LogP contribution in [-0.2, 0) is 0 Å². The molecule has 1 unspecified atom stereocenters. The number of rotatable bonds is 8. The van der Waals surface area contributed by atoms with E-state index in [4.69, 9.17) is 14.2 Å². The lowest BCUT2D eigenvalue weighted by atomic mass is 9.94. The number of hydrogen-bond acceptors (Lipinski definition) is 8. The predicted octanol–water partition coefficient (Wildman–Crippen LogP) is 4.12. The number of ether oxygens (including phenoxy) is 3. The SMILES string of the molecule is COc1ccccc1N1CCN(C(c2cccc(OC)c2OC)c2nnnn2C2CCCCC2)CC1. The summed E-state index contributed by atoms with van der Waals surface area (Å²) in [7, 11) is 5.10. The Morgan fingerprint density at radius 3 is 2.25 bits per heavy atom. The van der Waals surface area contributed by atoms with E-state index in [1.165, 1.54) is 19.3 Å². The van der Waals surface area contributed by atoms with E-state index >= 15 is 0 Å². The van der Waals surface area contributed by atoms with Crippen molar-refractivity contribution >= 4 is 5.69 Å². The van der Waals surface area contributed by atoms with Crippen LogP contribution in [0.2, 0.25) is 0 Å². The molecule has 2 heterocycles. The van der Waals surface area contributed by atoms with Crippen LogP contribution in [0.25, 0.3) is 0 Å². The summed E-state index contributed by atoms with van der Waals surface area (Å²) in [6.45, 7) is 3.43. The maximum absolute atomic E-state index is 5.89. The molecule has 2 fully saturated rings. The van der Waals surface area contributed by atoms with Gasteiger partial charge in [-0.05, 0) is 41.5 Å². The van der Waals surface area contributed by atoms with Crippen molar-refractivity contribution in [1.29, 1.82) is 0 Å². The average molecular weight is 493 g/mol. The molecule has 1 saturated heterocycles. The summed E-state index contributed by atoms with van der Waals surface area (Å²) in [6, 6.07) is 14.5. The standard InChI is InChI=1S/C27H36N6O3/c1-34-23-14-8-7-13-22(23)31-16-18-32(19-17-31)25(21-12-9-15-24(35-2)26(21)36-3)27-28-29-30-33(27)20-10-5-4-6-11-20/h7-9,12-15,20,25H,4-6,10-11,16-19H2,1-3H3. The largest absolute Gasteiger partial charge is 0.495 e. The third-order valence-electron chi connectivity index (χ3n) is 7.52. The van der Waals surface area contributed by atoms with Gasteiger partial charge in [0.1, 0.15) is 11.8 Å². The molecule has 2 aromatic carbocycles. The van der Waals surface area contributed by atoms with Crippen molar-refractivity contribution in [3.8, 4) is 17.2 Å². The number of piperazine rings is 1. The van der Waals surface area contributed by atoms with Gasteiger partial charge < -0.3 is 19.1 Å². The van der Waals surface area contributed by atoms with Crippen molar-refractivity contribution in [2.24, 2.45) is 0 Å². The van der Waals surface area contributed by atoms with Crippen molar-refractivity contribution in [3.63, 3.8) is 0 Å². The molecule has 1 aliphatic carbocycles. The van der Waals surface area contributed by atoms with Gasteiger partial charge >= 0.3 is 0 Å². The van der Waals surface area contributed by atoms with Gasteiger partial charge in [-0.1, -0.05) is 43.5 Å². The van der Waals surface area contributed by atoms with Crippen molar-refractivity contribution in [2.75, 3.05) is 52.4 Å². The van der Waals surface area contributed by atoms with Crippen LogP contribution < -0.4 is 19.1 Å². The molecule has 0 N–H and O–H groups in total. The third-order valence-corrected chi connectivity index (χ3v) is 7.52. The molecule has 0 bridgehead atoms. The van der Waals surface area contributed by atoms with E-state index < -0.39 is 0 Å². The fourth-order valence-corrected chi connectivity index (χ4v) is 5.70. The average Bonchev–Trinajstić information content (AvgIpc) is 3.43. The van der Waals surface area contributed by atoms with Gasteiger partial charge in [-0.3, -0.25) is 4.90 Å². The normalized spacial score (nSPS) is 18.1. The van der Waals surface area contributed by atoms with Gasteiger partial charge in [-0.15, -0.1) is 5.10 Å². The first-order valence-electron chi connectivity index (χ1n) is 12.9. The van der Waals surface area contributed by atoms with Gasteiger partial charge in [-0.25, -0.2) is 4.68 Å². The smallest absolute Gasteiger partial charge is 0.173 e. The molecule has 1 saturated carbocycles. The van der Waals surface area contributed by atoms with Crippen LogP contribution in [0.15, 0.2) is 42.5 Å². The lowest BCUT2D eigenvalue weighted by Crippen LogP contribution is -2.48. The molecule has 0 amide bonds. The van der Waals surface area contributed by atoms with Crippen molar-refractivity contribution in [1.82, 2.24) is 25.1 Å². The minimum absolute atomic E-state index is 0.146. The molecule has 9 heteroatoms. The zero-order valence-electron chi connectivity index (χ0n) is 21.5. The number of methoxy groups -OCH3 is 3. The van der Waals surface area contributed by atoms with Crippen LogP contribution >= 0.6 is 0 Å². The van der Waals surface area contributed by atoms with Gasteiger partial charge in [0.2, 0.25) is 0 Å². The Bertz CT molecular complexity index is 1140. The number of aromatic nitrogens is 4. The van der Waals surface area contributed by atoms with E-state index in [1.54, 1.807) is 21.3 Å². The van der Waals surface area contributed by atoms with Crippen LogP contribution in [0, 0.1) is 0 Å². The third kappa shape index (κ3) is 4.72. The molecule has 5 rings (SSSR count). The summed E-state index contributed by atoms with van der Waals surface area (Å²) in [5.74, 6) is 3.22. The molecule has 1 aliphatic heterocycles.